The lowest BCUT2D eigenvalue weighted by molar-refractivity contribution is -0.122. The van der Waals surface area contributed by atoms with Crippen LogP contribution in [0.3, 0.4) is 0 Å². The van der Waals surface area contributed by atoms with E-state index in [1.165, 1.54) is 4.90 Å². The molecule has 0 saturated heterocycles. The van der Waals surface area contributed by atoms with Crippen LogP contribution in [0.5, 0.6) is 0 Å². The van der Waals surface area contributed by atoms with Gasteiger partial charge in [0, 0.05) is 29.9 Å². The predicted molar refractivity (Wildman–Crippen MR) is 109 cm³/mol. The lowest BCUT2D eigenvalue weighted by Crippen LogP contribution is -2.41. The van der Waals surface area contributed by atoms with Gasteiger partial charge < -0.3 is 19.5 Å². The fourth-order valence-corrected chi connectivity index (χ4v) is 4.12. The molecule has 152 valence electrons. The van der Waals surface area contributed by atoms with E-state index in [-0.39, 0.29) is 30.9 Å². The van der Waals surface area contributed by atoms with Crippen LogP contribution in [0.4, 0.5) is 11.4 Å². The molecular formula is C22H25N3O4. The fourth-order valence-electron chi connectivity index (χ4n) is 4.12. The fraction of sp³-hybridized carbons (Fsp3) is 0.409. The van der Waals surface area contributed by atoms with Gasteiger partial charge in [-0.1, -0.05) is 12.1 Å². The van der Waals surface area contributed by atoms with Crippen molar-refractivity contribution in [3.05, 3.63) is 47.3 Å². The minimum atomic E-state index is -0.497. The number of aryl methyl sites for hydroxylation is 1. The molecule has 1 saturated carbocycles. The van der Waals surface area contributed by atoms with Crippen LogP contribution in [0, 0.1) is 13.8 Å². The van der Waals surface area contributed by atoms with E-state index in [1.54, 1.807) is 18.2 Å². The minimum absolute atomic E-state index is 0.148. The third kappa shape index (κ3) is 3.64. The molecule has 29 heavy (non-hydrogen) atoms. The minimum Gasteiger partial charge on any atom is -0.452 e. The maximum absolute atomic E-state index is 12.9. The predicted octanol–water partition coefficient (Wildman–Crippen LogP) is 3.36. The van der Waals surface area contributed by atoms with Crippen molar-refractivity contribution in [3.63, 3.8) is 0 Å². The lowest BCUT2D eigenvalue weighted by Gasteiger charge is -2.27. The van der Waals surface area contributed by atoms with Crippen LogP contribution < -0.4 is 10.2 Å². The number of amides is 2. The Morgan fingerprint density at radius 3 is 2.66 bits per heavy atom. The van der Waals surface area contributed by atoms with Crippen molar-refractivity contribution in [2.75, 3.05) is 16.8 Å². The van der Waals surface area contributed by atoms with Gasteiger partial charge in [0.2, 0.25) is 5.91 Å². The zero-order valence-corrected chi connectivity index (χ0v) is 16.9. The average molecular weight is 395 g/mol. The van der Waals surface area contributed by atoms with E-state index in [0.717, 1.165) is 24.2 Å². The molecule has 4 rings (SSSR count). The Bertz CT molecular complexity index is 990. The first-order valence-corrected chi connectivity index (χ1v) is 9.93. The van der Waals surface area contributed by atoms with Gasteiger partial charge in [0.25, 0.3) is 5.91 Å². The summed E-state index contributed by atoms with van der Waals surface area (Å²) in [5.41, 5.74) is 3.60. The number of hydrogen-bond acceptors (Lipinski definition) is 4. The number of hydrogen-bond donors (Lipinski definition) is 1. The first-order chi connectivity index (χ1) is 13.9. The van der Waals surface area contributed by atoms with Gasteiger partial charge in [0.15, 0.2) is 6.61 Å². The zero-order chi connectivity index (χ0) is 20.7. The number of anilines is 2. The van der Waals surface area contributed by atoms with Gasteiger partial charge in [-0.05, 0) is 51.8 Å². The maximum Gasteiger partial charge on any atom is 0.340 e. The van der Waals surface area contributed by atoms with Crippen molar-refractivity contribution in [3.8, 4) is 0 Å². The normalized spacial score (nSPS) is 18.7. The topological polar surface area (TPSA) is 80.6 Å². The van der Waals surface area contributed by atoms with Crippen molar-refractivity contribution in [1.29, 1.82) is 0 Å². The molecule has 2 aromatic rings. The van der Waals surface area contributed by atoms with Gasteiger partial charge in [0.05, 0.1) is 16.9 Å². The Hall–Kier alpha value is -3.09. The second kappa shape index (κ2) is 7.39. The van der Waals surface area contributed by atoms with Crippen molar-refractivity contribution >= 4 is 29.2 Å². The van der Waals surface area contributed by atoms with Crippen molar-refractivity contribution < 1.29 is 19.1 Å². The largest absolute Gasteiger partial charge is 0.452 e. The Balaban J connectivity index is 1.50. The van der Waals surface area contributed by atoms with Crippen LogP contribution in [0.15, 0.2) is 30.3 Å². The Morgan fingerprint density at radius 1 is 1.21 bits per heavy atom. The summed E-state index contributed by atoms with van der Waals surface area (Å²) in [5.74, 6) is -1.00. The smallest absolute Gasteiger partial charge is 0.340 e. The standard InChI is InChI=1S/C22H25N3O4/c1-13-10-17(15(3)24(13)16-8-9-16)22(28)29-12-21(27)25-14(2)11-20(26)23-18-6-4-5-7-19(18)25/h4-7,10,14,16H,8-9,11-12H2,1-3H3,(H,23,26)/t14-/m0/s1. The Labute approximate surface area is 169 Å². The zero-order valence-electron chi connectivity index (χ0n) is 16.9. The maximum atomic E-state index is 12.9. The summed E-state index contributed by atoms with van der Waals surface area (Å²) in [5, 5.41) is 2.82. The van der Waals surface area contributed by atoms with Gasteiger partial charge in [0.1, 0.15) is 0 Å². The molecule has 7 heteroatoms. The molecule has 0 spiro atoms. The Kier molecular flexibility index (Phi) is 4.90. The molecule has 1 aliphatic carbocycles. The van der Waals surface area contributed by atoms with Gasteiger partial charge >= 0.3 is 5.97 Å². The molecular weight excluding hydrogens is 370 g/mol. The number of ether oxygens (including phenoxy) is 1. The van der Waals surface area contributed by atoms with Crippen LogP contribution in [0.25, 0.3) is 0 Å². The number of nitrogens with one attached hydrogen (secondary N) is 1. The highest BCUT2D eigenvalue weighted by Gasteiger charge is 2.31. The number of rotatable bonds is 4. The molecule has 1 aromatic heterocycles. The highest BCUT2D eigenvalue weighted by atomic mass is 16.5. The SMILES string of the molecule is Cc1cc(C(=O)OCC(=O)N2c3ccccc3NC(=O)C[C@@H]2C)c(C)n1C1CC1. The van der Waals surface area contributed by atoms with Crippen molar-refractivity contribution in [1.82, 2.24) is 4.57 Å². The molecule has 2 heterocycles. The van der Waals surface area contributed by atoms with Gasteiger partial charge in [-0.15, -0.1) is 0 Å². The molecule has 1 fully saturated rings. The molecule has 2 amide bonds. The third-order valence-electron chi connectivity index (χ3n) is 5.57. The highest BCUT2D eigenvalue weighted by Crippen LogP contribution is 2.38. The van der Waals surface area contributed by atoms with E-state index in [0.29, 0.717) is 23.0 Å². The summed E-state index contributed by atoms with van der Waals surface area (Å²) < 4.78 is 7.54. The van der Waals surface area contributed by atoms with E-state index >= 15 is 0 Å². The second-order valence-electron chi connectivity index (χ2n) is 7.84. The number of carbonyl (C=O) groups excluding carboxylic acids is 3. The average Bonchev–Trinajstić information content (AvgIpc) is 3.46. The van der Waals surface area contributed by atoms with Crippen LogP contribution in [0.2, 0.25) is 0 Å². The molecule has 2 aliphatic rings. The van der Waals surface area contributed by atoms with Crippen molar-refractivity contribution in [2.24, 2.45) is 0 Å². The van der Waals surface area contributed by atoms with Crippen LogP contribution in [-0.2, 0) is 14.3 Å². The van der Waals surface area contributed by atoms with E-state index in [4.69, 9.17) is 4.74 Å². The molecule has 1 aliphatic heterocycles. The number of nitrogens with zero attached hydrogens (tertiary/aromatic N) is 2. The number of carbonyl (C=O) groups is 3. The number of aromatic nitrogens is 1. The second-order valence-corrected chi connectivity index (χ2v) is 7.84. The molecule has 1 N–H and O–H groups in total. The molecule has 1 aromatic carbocycles. The van der Waals surface area contributed by atoms with E-state index in [2.05, 4.69) is 9.88 Å². The van der Waals surface area contributed by atoms with Crippen molar-refractivity contribution in [2.45, 2.75) is 52.1 Å². The van der Waals surface area contributed by atoms with Gasteiger partial charge in [-0.2, -0.15) is 0 Å². The van der Waals surface area contributed by atoms with Gasteiger partial charge in [-0.3, -0.25) is 9.59 Å². The van der Waals surface area contributed by atoms with Gasteiger partial charge in [-0.25, -0.2) is 4.79 Å². The summed E-state index contributed by atoms with van der Waals surface area (Å²) in [7, 11) is 0. The number of esters is 1. The lowest BCUT2D eigenvalue weighted by atomic mass is 10.1. The molecule has 0 unspecified atom stereocenters. The van der Waals surface area contributed by atoms with Crippen LogP contribution in [0.1, 0.15) is 54.0 Å². The first-order valence-electron chi connectivity index (χ1n) is 9.93. The molecule has 7 nitrogen and oxygen atoms in total. The summed E-state index contributed by atoms with van der Waals surface area (Å²) in [4.78, 5) is 39.2. The van der Waals surface area contributed by atoms with E-state index < -0.39 is 5.97 Å². The number of para-hydroxylation sites is 2. The van der Waals surface area contributed by atoms with Crippen LogP contribution >= 0.6 is 0 Å². The summed E-state index contributed by atoms with van der Waals surface area (Å²) >= 11 is 0. The number of benzene rings is 1. The molecule has 0 bridgehead atoms. The third-order valence-corrected chi connectivity index (χ3v) is 5.57. The first kappa shape index (κ1) is 19.2. The molecule has 0 radical (unpaired) electrons. The highest BCUT2D eigenvalue weighted by molar-refractivity contribution is 6.05. The summed E-state index contributed by atoms with van der Waals surface area (Å²) in [6, 6.07) is 9.09. The monoisotopic (exact) mass is 395 g/mol. The molecule has 1 atom stereocenters. The quantitative estimate of drug-likeness (QED) is 0.805. The number of fused-ring (bicyclic) bond motifs is 1. The van der Waals surface area contributed by atoms with E-state index in [9.17, 15) is 14.4 Å². The summed E-state index contributed by atoms with van der Waals surface area (Å²) in [6.07, 6.45) is 2.43. The van der Waals surface area contributed by atoms with Crippen LogP contribution in [-0.4, -0.2) is 35.0 Å². The van der Waals surface area contributed by atoms with E-state index in [1.807, 2.05) is 32.9 Å². The summed E-state index contributed by atoms with van der Waals surface area (Å²) in [6.45, 7) is 5.32. The Morgan fingerprint density at radius 2 is 1.93 bits per heavy atom.